The maximum Gasteiger partial charge on any atom is 0.327 e. The Morgan fingerprint density at radius 1 is 1.25 bits per heavy atom. The number of allylic oxidation sites excluding steroid dienone is 1. The molecule has 0 saturated heterocycles. The second kappa shape index (κ2) is 7.48. The third-order valence-electron chi connectivity index (χ3n) is 3.62. The van der Waals surface area contributed by atoms with Crippen LogP contribution < -0.4 is 0 Å². The topological polar surface area (TPSA) is 37.3 Å². The lowest BCUT2D eigenvalue weighted by molar-refractivity contribution is -0.131. The molecule has 2 nitrogen and oxygen atoms in total. The number of unbranched alkanes of at least 4 members (excludes halogenated alkanes) is 2. The predicted octanol–water partition coefficient (Wildman–Crippen LogP) is 4.01. The van der Waals surface area contributed by atoms with Gasteiger partial charge in [0.1, 0.15) is 0 Å². The Labute approximate surface area is 98.7 Å². The number of hydrogen-bond acceptors (Lipinski definition) is 1. The largest absolute Gasteiger partial charge is 0.478 e. The summed E-state index contributed by atoms with van der Waals surface area (Å²) in [7, 11) is 0. The molecule has 1 N–H and O–H groups in total. The zero-order valence-electron chi connectivity index (χ0n) is 10.3. The minimum atomic E-state index is -0.815. The first-order valence-corrected chi connectivity index (χ1v) is 6.63. The lowest BCUT2D eigenvalue weighted by Crippen LogP contribution is -2.13. The van der Waals surface area contributed by atoms with E-state index in [0.29, 0.717) is 5.92 Å². The van der Waals surface area contributed by atoms with Gasteiger partial charge in [-0.2, -0.15) is 0 Å². The minimum absolute atomic E-state index is 0.513. The summed E-state index contributed by atoms with van der Waals surface area (Å²) in [5.41, 5.74) is 0. The molecular weight excluding hydrogens is 200 g/mol. The summed E-state index contributed by atoms with van der Waals surface area (Å²) in [6, 6.07) is 0. The Balaban J connectivity index is 2.15. The Morgan fingerprint density at radius 3 is 2.50 bits per heavy atom. The molecular formula is C14H24O2. The molecule has 0 radical (unpaired) electrons. The van der Waals surface area contributed by atoms with E-state index >= 15 is 0 Å². The first-order valence-electron chi connectivity index (χ1n) is 6.63. The van der Waals surface area contributed by atoms with Gasteiger partial charge in [0.15, 0.2) is 0 Å². The van der Waals surface area contributed by atoms with Crippen LogP contribution in [0.25, 0.3) is 0 Å². The average Bonchev–Trinajstić information content (AvgIpc) is 2.28. The SMILES string of the molecule is CCCCCC1CCC(/C=C/C(=O)O)CC1. The number of hydrogen-bond donors (Lipinski definition) is 1. The molecule has 1 saturated carbocycles. The molecule has 0 aromatic carbocycles. The van der Waals surface area contributed by atoms with Crippen LogP contribution in [-0.2, 0) is 4.79 Å². The second-order valence-electron chi connectivity index (χ2n) is 4.97. The Kier molecular flexibility index (Phi) is 6.20. The van der Waals surface area contributed by atoms with E-state index < -0.39 is 5.97 Å². The van der Waals surface area contributed by atoms with Crippen LogP contribution >= 0.6 is 0 Å². The van der Waals surface area contributed by atoms with E-state index in [4.69, 9.17) is 5.11 Å². The molecule has 2 heteroatoms. The molecule has 1 rings (SSSR count). The van der Waals surface area contributed by atoms with Gasteiger partial charge in [-0.05, 0) is 37.5 Å². The van der Waals surface area contributed by atoms with Crippen molar-refractivity contribution in [1.82, 2.24) is 0 Å². The van der Waals surface area contributed by atoms with Crippen molar-refractivity contribution in [3.8, 4) is 0 Å². The minimum Gasteiger partial charge on any atom is -0.478 e. The van der Waals surface area contributed by atoms with E-state index in [0.717, 1.165) is 5.92 Å². The molecule has 0 bridgehead atoms. The smallest absolute Gasteiger partial charge is 0.327 e. The molecule has 16 heavy (non-hydrogen) atoms. The van der Waals surface area contributed by atoms with Gasteiger partial charge in [0.2, 0.25) is 0 Å². The molecule has 0 spiro atoms. The van der Waals surface area contributed by atoms with Gasteiger partial charge in [-0.15, -0.1) is 0 Å². The number of carbonyl (C=O) groups is 1. The summed E-state index contributed by atoms with van der Waals surface area (Å²) >= 11 is 0. The molecule has 1 fully saturated rings. The van der Waals surface area contributed by atoms with Crippen LogP contribution in [0.3, 0.4) is 0 Å². The highest BCUT2D eigenvalue weighted by molar-refractivity contribution is 5.79. The van der Waals surface area contributed by atoms with Gasteiger partial charge in [-0.25, -0.2) is 4.79 Å². The van der Waals surface area contributed by atoms with Crippen molar-refractivity contribution in [2.75, 3.05) is 0 Å². The highest BCUT2D eigenvalue weighted by Crippen LogP contribution is 2.32. The van der Waals surface area contributed by atoms with E-state index in [1.165, 1.54) is 57.4 Å². The summed E-state index contributed by atoms with van der Waals surface area (Å²) in [5, 5.41) is 8.55. The summed E-state index contributed by atoms with van der Waals surface area (Å²) in [6.07, 6.45) is 13.5. The number of rotatable bonds is 6. The molecule has 1 aliphatic carbocycles. The van der Waals surface area contributed by atoms with E-state index in [1.54, 1.807) is 0 Å². The zero-order valence-corrected chi connectivity index (χ0v) is 10.3. The van der Waals surface area contributed by atoms with Crippen LogP contribution in [0.4, 0.5) is 0 Å². The first-order chi connectivity index (χ1) is 7.72. The molecule has 0 amide bonds. The number of aliphatic carboxylic acids is 1. The summed E-state index contributed by atoms with van der Waals surface area (Å²) < 4.78 is 0. The molecule has 0 unspecified atom stereocenters. The second-order valence-corrected chi connectivity index (χ2v) is 4.97. The molecule has 0 aliphatic heterocycles. The van der Waals surface area contributed by atoms with Gasteiger partial charge in [-0.3, -0.25) is 0 Å². The standard InChI is InChI=1S/C14H24O2/c1-2-3-4-5-12-6-8-13(9-7-12)10-11-14(15)16/h10-13H,2-9H2,1H3,(H,15,16)/b11-10+. The van der Waals surface area contributed by atoms with Crippen molar-refractivity contribution >= 4 is 5.97 Å². The Bertz CT molecular complexity index is 225. The van der Waals surface area contributed by atoms with Crippen LogP contribution in [0.1, 0.15) is 58.3 Å². The fourth-order valence-electron chi connectivity index (χ4n) is 2.57. The third-order valence-corrected chi connectivity index (χ3v) is 3.62. The molecule has 92 valence electrons. The third kappa shape index (κ3) is 5.34. The Morgan fingerprint density at radius 2 is 1.94 bits per heavy atom. The molecule has 1 aliphatic rings. The van der Waals surface area contributed by atoms with Crippen LogP contribution in [0.2, 0.25) is 0 Å². The van der Waals surface area contributed by atoms with Crippen LogP contribution in [0.15, 0.2) is 12.2 Å². The lowest BCUT2D eigenvalue weighted by atomic mass is 9.79. The van der Waals surface area contributed by atoms with Crippen LogP contribution in [-0.4, -0.2) is 11.1 Å². The predicted molar refractivity (Wildman–Crippen MR) is 66.4 cm³/mol. The van der Waals surface area contributed by atoms with Crippen LogP contribution in [0, 0.1) is 11.8 Å². The zero-order chi connectivity index (χ0) is 11.8. The number of carboxylic acids is 1. The van der Waals surface area contributed by atoms with E-state index in [1.807, 2.05) is 6.08 Å². The normalized spacial score (nSPS) is 26.1. The van der Waals surface area contributed by atoms with E-state index in [-0.39, 0.29) is 0 Å². The number of carboxylic acid groups (broad SMARTS) is 1. The molecule has 0 atom stereocenters. The van der Waals surface area contributed by atoms with Crippen molar-refractivity contribution < 1.29 is 9.90 Å². The summed E-state index contributed by atoms with van der Waals surface area (Å²) in [4.78, 5) is 10.4. The van der Waals surface area contributed by atoms with Crippen molar-refractivity contribution in [3.05, 3.63) is 12.2 Å². The maximum atomic E-state index is 10.4. The van der Waals surface area contributed by atoms with Crippen molar-refractivity contribution in [3.63, 3.8) is 0 Å². The van der Waals surface area contributed by atoms with Gasteiger partial charge in [-0.1, -0.05) is 38.7 Å². The van der Waals surface area contributed by atoms with Gasteiger partial charge in [0.25, 0.3) is 0 Å². The quantitative estimate of drug-likeness (QED) is 0.546. The van der Waals surface area contributed by atoms with Crippen molar-refractivity contribution in [2.45, 2.75) is 58.3 Å². The maximum absolute atomic E-state index is 10.4. The molecule has 0 aromatic rings. The monoisotopic (exact) mass is 224 g/mol. The van der Waals surface area contributed by atoms with Crippen LogP contribution in [0.5, 0.6) is 0 Å². The van der Waals surface area contributed by atoms with Crippen molar-refractivity contribution in [1.29, 1.82) is 0 Å². The summed E-state index contributed by atoms with van der Waals surface area (Å²) in [5.74, 6) is 0.602. The summed E-state index contributed by atoms with van der Waals surface area (Å²) in [6.45, 7) is 2.24. The highest BCUT2D eigenvalue weighted by Gasteiger charge is 2.18. The molecule has 0 aromatic heterocycles. The van der Waals surface area contributed by atoms with E-state index in [9.17, 15) is 4.79 Å². The van der Waals surface area contributed by atoms with Crippen molar-refractivity contribution in [2.24, 2.45) is 11.8 Å². The average molecular weight is 224 g/mol. The molecule has 0 heterocycles. The van der Waals surface area contributed by atoms with Gasteiger partial charge >= 0.3 is 5.97 Å². The lowest BCUT2D eigenvalue weighted by Gasteiger charge is -2.26. The van der Waals surface area contributed by atoms with Gasteiger partial charge < -0.3 is 5.11 Å². The fraction of sp³-hybridized carbons (Fsp3) is 0.786. The van der Waals surface area contributed by atoms with Gasteiger partial charge in [0, 0.05) is 6.08 Å². The first kappa shape index (κ1) is 13.3. The van der Waals surface area contributed by atoms with Gasteiger partial charge in [0.05, 0.1) is 0 Å². The fourth-order valence-corrected chi connectivity index (χ4v) is 2.57. The highest BCUT2D eigenvalue weighted by atomic mass is 16.4. The Hall–Kier alpha value is -0.790. The van der Waals surface area contributed by atoms with E-state index in [2.05, 4.69) is 6.92 Å².